The number of hydrogen-bond acceptors (Lipinski definition) is 5. The first kappa shape index (κ1) is 14.1. The molecule has 0 amide bonds. The predicted octanol–water partition coefficient (Wildman–Crippen LogP) is 1.13. The van der Waals surface area contributed by atoms with E-state index in [1.54, 1.807) is 0 Å². The molecule has 0 saturated heterocycles. The summed E-state index contributed by atoms with van der Waals surface area (Å²) in [6, 6.07) is -0.800. The Balaban J connectivity index is 2.63. The average molecular weight is 255 g/mol. The van der Waals surface area contributed by atoms with E-state index in [1.807, 2.05) is 13.8 Å². The summed E-state index contributed by atoms with van der Waals surface area (Å²) in [6.07, 6.45) is 1.86. The van der Waals surface area contributed by atoms with Crippen LogP contribution in [0.25, 0.3) is 0 Å². The summed E-state index contributed by atoms with van der Waals surface area (Å²) >= 11 is 0. The summed E-state index contributed by atoms with van der Waals surface area (Å²) in [7, 11) is 0. The molecule has 0 spiro atoms. The molecule has 1 heterocycles. The maximum absolute atomic E-state index is 11.7. The molecule has 0 aliphatic rings. The summed E-state index contributed by atoms with van der Waals surface area (Å²) in [5, 5.41) is 15.9. The molecule has 1 aromatic rings. The highest BCUT2D eigenvalue weighted by Crippen LogP contribution is 2.10. The van der Waals surface area contributed by atoms with Crippen molar-refractivity contribution in [3.8, 4) is 0 Å². The molecule has 0 radical (unpaired) electrons. The van der Waals surface area contributed by atoms with Crippen LogP contribution in [0, 0.1) is 5.92 Å². The fourth-order valence-electron chi connectivity index (χ4n) is 1.30. The van der Waals surface area contributed by atoms with E-state index in [0.717, 1.165) is 17.3 Å². The zero-order valence-corrected chi connectivity index (χ0v) is 10.7. The summed E-state index contributed by atoms with van der Waals surface area (Å²) < 4.78 is 6.09. The van der Waals surface area contributed by atoms with Crippen LogP contribution in [0.5, 0.6) is 0 Å². The van der Waals surface area contributed by atoms with Crippen molar-refractivity contribution < 1.29 is 19.4 Å². The van der Waals surface area contributed by atoms with E-state index in [0.29, 0.717) is 12.5 Å². The van der Waals surface area contributed by atoms with Crippen LogP contribution in [-0.2, 0) is 9.53 Å². The molecule has 100 valence electrons. The quantitative estimate of drug-likeness (QED) is 0.765. The standard InChI is InChI=1S/C11H17N3O4/c1-7(2)4-5-18-11(17)8(3)14-9(10(15)16)6-12-13-14/h6-8H,4-5H2,1-3H3,(H,15,16). The van der Waals surface area contributed by atoms with Gasteiger partial charge in [-0.25, -0.2) is 14.3 Å². The van der Waals surface area contributed by atoms with Crippen LogP contribution in [0.15, 0.2) is 6.20 Å². The predicted molar refractivity (Wildman–Crippen MR) is 62.1 cm³/mol. The Morgan fingerprint density at radius 3 is 2.67 bits per heavy atom. The van der Waals surface area contributed by atoms with Gasteiger partial charge in [0.1, 0.15) is 6.04 Å². The van der Waals surface area contributed by atoms with Crippen molar-refractivity contribution in [2.24, 2.45) is 5.92 Å². The van der Waals surface area contributed by atoms with Crippen molar-refractivity contribution in [3.05, 3.63) is 11.9 Å². The van der Waals surface area contributed by atoms with E-state index in [1.165, 1.54) is 6.92 Å². The van der Waals surface area contributed by atoms with Crippen molar-refractivity contribution in [2.45, 2.75) is 33.2 Å². The minimum atomic E-state index is -1.18. The molecule has 0 bridgehead atoms. The molecule has 1 aromatic heterocycles. The molecule has 0 aliphatic heterocycles. The number of rotatable bonds is 6. The zero-order chi connectivity index (χ0) is 13.7. The van der Waals surface area contributed by atoms with Gasteiger partial charge in [0, 0.05) is 0 Å². The topological polar surface area (TPSA) is 94.3 Å². The fraction of sp³-hybridized carbons (Fsp3) is 0.636. The number of carboxylic acid groups (broad SMARTS) is 1. The number of nitrogens with zero attached hydrogens (tertiary/aromatic N) is 3. The van der Waals surface area contributed by atoms with Crippen LogP contribution in [0.1, 0.15) is 43.7 Å². The van der Waals surface area contributed by atoms with Crippen LogP contribution >= 0.6 is 0 Å². The molecule has 0 aliphatic carbocycles. The minimum absolute atomic E-state index is 0.136. The van der Waals surface area contributed by atoms with Gasteiger partial charge < -0.3 is 9.84 Å². The van der Waals surface area contributed by atoms with Gasteiger partial charge in [0.15, 0.2) is 5.69 Å². The van der Waals surface area contributed by atoms with Gasteiger partial charge in [0.05, 0.1) is 12.8 Å². The lowest BCUT2D eigenvalue weighted by Gasteiger charge is -2.13. The molecule has 0 aromatic carbocycles. The van der Waals surface area contributed by atoms with Gasteiger partial charge in [0.25, 0.3) is 0 Å². The number of aromatic nitrogens is 3. The number of aromatic carboxylic acids is 1. The third-order valence-electron chi connectivity index (χ3n) is 2.44. The van der Waals surface area contributed by atoms with Gasteiger partial charge in [0.2, 0.25) is 0 Å². The van der Waals surface area contributed by atoms with E-state index in [-0.39, 0.29) is 5.69 Å². The Morgan fingerprint density at radius 2 is 2.11 bits per heavy atom. The van der Waals surface area contributed by atoms with Crippen molar-refractivity contribution in [2.75, 3.05) is 6.61 Å². The second-order valence-corrected chi connectivity index (χ2v) is 4.39. The average Bonchev–Trinajstić information content (AvgIpc) is 2.76. The monoisotopic (exact) mass is 255 g/mol. The second kappa shape index (κ2) is 6.13. The fourth-order valence-corrected chi connectivity index (χ4v) is 1.30. The molecule has 7 nitrogen and oxygen atoms in total. The van der Waals surface area contributed by atoms with Crippen molar-refractivity contribution in [1.82, 2.24) is 15.0 Å². The molecule has 18 heavy (non-hydrogen) atoms. The summed E-state index contributed by atoms with van der Waals surface area (Å²) in [5.74, 6) is -1.25. The first-order valence-electron chi connectivity index (χ1n) is 5.73. The smallest absolute Gasteiger partial charge is 0.355 e. The zero-order valence-electron chi connectivity index (χ0n) is 10.7. The maximum Gasteiger partial charge on any atom is 0.355 e. The van der Waals surface area contributed by atoms with E-state index in [9.17, 15) is 9.59 Å². The number of hydrogen-bond donors (Lipinski definition) is 1. The Labute approximate surface area is 105 Å². The third kappa shape index (κ3) is 3.54. The number of carbonyl (C=O) groups excluding carboxylic acids is 1. The van der Waals surface area contributed by atoms with Crippen LogP contribution in [0.4, 0.5) is 0 Å². The normalized spacial score (nSPS) is 12.4. The van der Waals surface area contributed by atoms with Gasteiger partial charge >= 0.3 is 11.9 Å². The van der Waals surface area contributed by atoms with Crippen molar-refractivity contribution in [1.29, 1.82) is 0 Å². The van der Waals surface area contributed by atoms with Crippen LogP contribution in [0.2, 0.25) is 0 Å². The summed E-state index contributed by atoms with van der Waals surface area (Å²) in [4.78, 5) is 22.6. The van der Waals surface area contributed by atoms with Crippen LogP contribution in [0.3, 0.4) is 0 Å². The molecule has 7 heteroatoms. The molecule has 0 fully saturated rings. The number of carboxylic acids is 1. The number of carbonyl (C=O) groups is 2. The van der Waals surface area contributed by atoms with Crippen molar-refractivity contribution >= 4 is 11.9 Å². The van der Waals surface area contributed by atoms with Crippen molar-refractivity contribution in [3.63, 3.8) is 0 Å². The molecule has 0 saturated carbocycles. The summed E-state index contributed by atoms with van der Waals surface area (Å²) in [5.41, 5.74) is -0.136. The Kier molecular flexibility index (Phi) is 4.82. The lowest BCUT2D eigenvalue weighted by Crippen LogP contribution is -2.24. The van der Waals surface area contributed by atoms with Crippen LogP contribution in [-0.4, -0.2) is 38.6 Å². The van der Waals surface area contributed by atoms with E-state index in [4.69, 9.17) is 9.84 Å². The van der Waals surface area contributed by atoms with E-state index in [2.05, 4.69) is 10.3 Å². The van der Waals surface area contributed by atoms with Gasteiger partial charge in [-0.2, -0.15) is 0 Å². The highest BCUT2D eigenvalue weighted by Gasteiger charge is 2.23. The maximum atomic E-state index is 11.7. The van der Waals surface area contributed by atoms with Gasteiger partial charge in [-0.1, -0.05) is 19.1 Å². The molecule has 1 N–H and O–H groups in total. The number of ether oxygens (including phenoxy) is 1. The summed E-state index contributed by atoms with van der Waals surface area (Å²) in [6.45, 7) is 5.89. The Bertz CT molecular complexity index is 428. The highest BCUT2D eigenvalue weighted by atomic mass is 16.5. The SMILES string of the molecule is CC(C)CCOC(=O)C(C)n1nncc1C(=O)O. The Hall–Kier alpha value is -1.92. The van der Waals surface area contributed by atoms with Gasteiger partial charge in [-0.15, -0.1) is 5.10 Å². The molecular formula is C11H17N3O4. The highest BCUT2D eigenvalue weighted by molar-refractivity contribution is 5.86. The third-order valence-corrected chi connectivity index (χ3v) is 2.44. The largest absolute Gasteiger partial charge is 0.476 e. The molecule has 1 unspecified atom stereocenters. The van der Waals surface area contributed by atoms with Gasteiger partial charge in [-0.3, -0.25) is 0 Å². The second-order valence-electron chi connectivity index (χ2n) is 4.39. The Morgan fingerprint density at radius 1 is 1.44 bits per heavy atom. The molecular weight excluding hydrogens is 238 g/mol. The molecule has 1 rings (SSSR count). The lowest BCUT2D eigenvalue weighted by atomic mass is 10.1. The molecule has 1 atom stereocenters. The van der Waals surface area contributed by atoms with E-state index >= 15 is 0 Å². The minimum Gasteiger partial charge on any atom is -0.476 e. The first-order valence-corrected chi connectivity index (χ1v) is 5.73. The van der Waals surface area contributed by atoms with Gasteiger partial charge in [-0.05, 0) is 19.3 Å². The van der Waals surface area contributed by atoms with E-state index < -0.39 is 18.0 Å². The first-order chi connectivity index (χ1) is 8.43. The number of esters is 1. The lowest BCUT2D eigenvalue weighted by molar-refractivity contribution is -0.147. The van der Waals surface area contributed by atoms with Crippen LogP contribution < -0.4 is 0 Å².